The van der Waals surface area contributed by atoms with Gasteiger partial charge in [0.15, 0.2) is 6.29 Å². The molecular formula is C7H9N3O2. The maximum absolute atomic E-state index is 10.5. The Bertz CT molecular complexity index is 316. The molecule has 0 aliphatic heterocycles. The highest BCUT2D eigenvalue weighted by atomic mass is 16.1. The summed E-state index contributed by atoms with van der Waals surface area (Å²) < 4.78 is 1.53. The lowest BCUT2D eigenvalue weighted by Gasteiger charge is -1.99. The summed E-state index contributed by atoms with van der Waals surface area (Å²) in [4.78, 5) is 24.6. The van der Waals surface area contributed by atoms with Crippen LogP contribution in [0, 0.1) is 6.92 Å². The number of carbonyl (C=O) groups is 2. The molecule has 1 heterocycles. The topological polar surface area (TPSA) is 78.0 Å². The zero-order valence-corrected chi connectivity index (χ0v) is 6.65. The van der Waals surface area contributed by atoms with Crippen LogP contribution in [0.4, 0.5) is 0 Å². The molecule has 0 aliphatic rings. The SMILES string of the molecule is Cc1c(C=O)ncn1CC(N)=O. The molecule has 0 fully saturated rings. The summed E-state index contributed by atoms with van der Waals surface area (Å²) in [7, 11) is 0. The number of rotatable bonds is 3. The predicted molar refractivity (Wildman–Crippen MR) is 41.5 cm³/mol. The molecule has 0 atom stereocenters. The third kappa shape index (κ3) is 1.50. The molecule has 1 aromatic heterocycles. The molecule has 0 saturated carbocycles. The molecule has 5 nitrogen and oxygen atoms in total. The van der Waals surface area contributed by atoms with Crippen LogP contribution in [0.3, 0.4) is 0 Å². The fourth-order valence-corrected chi connectivity index (χ4v) is 0.902. The molecule has 1 aromatic rings. The lowest BCUT2D eigenvalue weighted by Crippen LogP contribution is -2.18. The molecule has 0 aliphatic carbocycles. The zero-order valence-electron chi connectivity index (χ0n) is 6.65. The first kappa shape index (κ1) is 8.45. The number of nitrogens with two attached hydrogens (primary N) is 1. The third-order valence-corrected chi connectivity index (χ3v) is 1.58. The van der Waals surface area contributed by atoms with Crippen molar-refractivity contribution in [2.45, 2.75) is 13.5 Å². The summed E-state index contributed by atoms with van der Waals surface area (Å²) in [6.45, 7) is 1.77. The van der Waals surface area contributed by atoms with Crippen LogP contribution in [0.1, 0.15) is 16.2 Å². The van der Waals surface area contributed by atoms with Crippen molar-refractivity contribution in [3.63, 3.8) is 0 Å². The van der Waals surface area contributed by atoms with Gasteiger partial charge in [-0.15, -0.1) is 0 Å². The Kier molecular flexibility index (Phi) is 2.23. The first-order valence-corrected chi connectivity index (χ1v) is 3.40. The minimum Gasteiger partial charge on any atom is -0.368 e. The van der Waals surface area contributed by atoms with E-state index in [9.17, 15) is 9.59 Å². The number of imidazole rings is 1. The van der Waals surface area contributed by atoms with Gasteiger partial charge in [0.25, 0.3) is 0 Å². The van der Waals surface area contributed by atoms with E-state index in [2.05, 4.69) is 4.98 Å². The Hall–Kier alpha value is -1.65. The fraction of sp³-hybridized carbons (Fsp3) is 0.286. The Morgan fingerprint density at radius 3 is 2.92 bits per heavy atom. The number of aromatic nitrogens is 2. The highest BCUT2D eigenvalue weighted by Gasteiger charge is 2.06. The second-order valence-corrected chi connectivity index (χ2v) is 2.43. The third-order valence-electron chi connectivity index (χ3n) is 1.58. The largest absolute Gasteiger partial charge is 0.368 e. The van der Waals surface area contributed by atoms with Crippen LogP contribution in [0.5, 0.6) is 0 Å². The lowest BCUT2D eigenvalue weighted by molar-refractivity contribution is -0.118. The van der Waals surface area contributed by atoms with E-state index in [1.165, 1.54) is 10.9 Å². The maximum atomic E-state index is 10.5. The second kappa shape index (κ2) is 3.17. The van der Waals surface area contributed by atoms with E-state index in [4.69, 9.17) is 5.73 Å². The molecule has 0 bridgehead atoms. The van der Waals surface area contributed by atoms with Crippen molar-refractivity contribution in [3.05, 3.63) is 17.7 Å². The van der Waals surface area contributed by atoms with Gasteiger partial charge in [0.2, 0.25) is 5.91 Å². The molecule has 2 N–H and O–H groups in total. The van der Waals surface area contributed by atoms with Gasteiger partial charge in [-0.1, -0.05) is 0 Å². The van der Waals surface area contributed by atoms with Crippen molar-refractivity contribution < 1.29 is 9.59 Å². The normalized spacial score (nSPS) is 9.75. The van der Waals surface area contributed by atoms with Crippen molar-refractivity contribution in [2.24, 2.45) is 5.73 Å². The van der Waals surface area contributed by atoms with Crippen LogP contribution in [0.15, 0.2) is 6.33 Å². The molecule has 0 saturated heterocycles. The number of primary amides is 1. The lowest BCUT2D eigenvalue weighted by atomic mass is 10.4. The van der Waals surface area contributed by atoms with Crippen molar-refractivity contribution in [3.8, 4) is 0 Å². The van der Waals surface area contributed by atoms with Gasteiger partial charge >= 0.3 is 0 Å². The summed E-state index contributed by atoms with van der Waals surface area (Å²) >= 11 is 0. The average Bonchev–Trinajstić information content (AvgIpc) is 2.32. The van der Waals surface area contributed by atoms with E-state index in [0.717, 1.165) is 0 Å². The van der Waals surface area contributed by atoms with Crippen molar-refractivity contribution >= 4 is 12.2 Å². The van der Waals surface area contributed by atoms with E-state index in [-0.39, 0.29) is 6.54 Å². The summed E-state index contributed by atoms with van der Waals surface area (Å²) in [5.41, 5.74) is 5.97. The van der Waals surface area contributed by atoms with Gasteiger partial charge in [0.1, 0.15) is 12.2 Å². The van der Waals surface area contributed by atoms with Crippen LogP contribution < -0.4 is 5.73 Å². The van der Waals surface area contributed by atoms with Crippen LogP contribution in [0.25, 0.3) is 0 Å². The molecular weight excluding hydrogens is 158 g/mol. The Morgan fingerprint density at radius 1 is 1.83 bits per heavy atom. The molecule has 12 heavy (non-hydrogen) atoms. The minimum absolute atomic E-state index is 0.0622. The van der Waals surface area contributed by atoms with E-state index in [0.29, 0.717) is 17.7 Å². The first-order chi connectivity index (χ1) is 5.65. The summed E-state index contributed by atoms with van der Waals surface area (Å²) in [6, 6.07) is 0. The summed E-state index contributed by atoms with van der Waals surface area (Å²) in [5, 5.41) is 0. The molecule has 64 valence electrons. The monoisotopic (exact) mass is 167 g/mol. The second-order valence-electron chi connectivity index (χ2n) is 2.43. The van der Waals surface area contributed by atoms with Gasteiger partial charge in [0, 0.05) is 5.69 Å². The minimum atomic E-state index is -0.451. The number of hydrogen-bond acceptors (Lipinski definition) is 3. The number of carbonyl (C=O) groups excluding carboxylic acids is 2. The van der Waals surface area contributed by atoms with Gasteiger partial charge in [-0.2, -0.15) is 0 Å². The van der Waals surface area contributed by atoms with Crippen molar-refractivity contribution in [1.29, 1.82) is 0 Å². The van der Waals surface area contributed by atoms with E-state index in [1.807, 2.05) is 0 Å². The van der Waals surface area contributed by atoms with Gasteiger partial charge in [-0.3, -0.25) is 9.59 Å². The van der Waals surface area contributed by atoms with Crippen molar-refractivity contribution in [2.75, 3.05) is 0 Å². The Labute approximate surface area is 69.2 Å². The summed E-state index contributed by atoms with van der Waals surface area (Å²) in [5.74, 6) is -0.451. The smallest absolute Gasteiger partial charge is 0.237 e. The van der Waals surface area contributed by atoms with Gasteiger partial charge < -0.3 is 10.3 Å². The highest BCUT2D eigenvalue weighted by molar-refractivity contribution is 5.75. The van der Waals surface area contributed by atoms with E-state index in [1.54, 1.807) is 6.92 Å². The number of amides is 1. The van der Waals surface area contributed by atoms with Crippen LogP contribution in [0.2, 0.25) is 0 Å². The molecule has 1 amide bonds. The molecule has 5 heteroatoms. The predicted octanol–water partition coefficient (Wildman–Crippen LogP) is -0.511. The van der Waals surface area contributed by atoms with Gasteiger partial charge in [-0.25, -0.2) is 4.98 Å². The number of hydrogen-bond donors (Lipinski definition) is 1. The van der Waals surface area contributed by atoms with Crippen LogP contribution >= 0.6 is 0 Å². The van der Waals surface area contributed by atoms with Crippen LogP contribution in [-0.4, -0.2) is 21.7 Å². The molecule has 0 aromatic carbocycles. The first-order valence-electron chi connectivity index (χ1n) is 3.40. The zero-order chi connectivity index (χ0) is 9.14. The van der Waals surface area contributed by atoms with Crippen LogP contribution in [-0.2, 0) is 11.3 Å². The van der Waals surface area contributed by atoms with Gasteiger partial charge in [-0.05, 0) is 6.92 Å². The van der Waals surface area contributed by atoms with Gasteiger partial charge in [0.05, 0.1) is 6.33 Å². The molecule has 0 spiro atoms. The Balaban J connectivity index is 2.94. The number of aldehydes is 1. The molecule has 0 radical (unpaired) electrons. The fourth-order valence-electron chi connectivity index (χ4n) is 0.902. The van der Waals surface area contributed by atoms with Crippen molar-refractivity contribution in [1.82, 2.24) is 9.55 Å². The standard InChI is InChI=1S/C7H9N3O2/c1-5-6(3-11)9-4-10(5)2-7(8)12/h3-4H,2H2,1H3,(H2,8,12). The maximum Gasteiger partial charge on any atom is 0.237 e. The Morgan fingerprint density at radius 2 is 2.50 bits per heavy atom. The average molecular weight is 167 g/mol. The molecule has 1 rings (SSSR count). The quantitative estimate of drug-likeness (QED) is 0.616. The summed E-state index contributed by atoms with van der Waals surface area (Å²) in [6.07, 6.45) is 2.07. The van der Waals surface area contributed by atoms with E-state index < -0.39 is 5.91 Å². The van der Waals surface area contributed by atoms with E-state index >= 15 is 0 Å². The number of nitrogens with zero attached hydrogens (tertiary/aromatic N) is 2. The molecule has 0 unspecified atom stereocenters. The highest BCUT2D eigenvalue weighted by Crippen LogP contribution is 2.02.